The number of dihydropyridines is 1. The third-order valence-electron chi connectivity index (χ3n) is 5.69. The first-order valence-electron chi connectivity index (χ1n) is 9.24. The SMILES string of the molecule is COc1cccc([C@H]2C3=C(CCCC3=O)NC3=C2C(=O)c2ccccc23)c1. The standard InChI is InChI=1S/C23H19NO3/c1-27-14-7-4-6-13(12-14)19-20-17(10-5-11-18(20)25)24-22-15-8-2-3-9-16(15)23(26)21(19)22/h2-4,6-9,12,19,24H,5,10-11H2,1H3/t19-/m0/s1. The lowest BCUT2D eigenvalue weighted by atomic mass is 9.75. The zero-order valence-corrected chi connectivity index (χ0v) is 15.0. The van der Waals surface area contributed by atoms with Gasteiger partial charge in [0.25, 0.3) is 0 Å². The molecule has 0 amide bonds. The van der Waals surface area contributed by atoms with Gasteiger partial charge in [0.2, 0.25) is 0 Å². The van der Waals surface area contributed by atoms with Crippen LogP contribution in [0.5, 0.6) is 5.75 Å². The highest BCUT2D eigenvalue weighted by molar-refractivity contribution is 6.23. The number of ether oxygens (including phenoxy) is 1. The lowest BCUT2D eigenvalue weighted by molar-refractivity contribution is -0.116. The maximum Gasteiger partial charge on any atom is 0.192 e. The highest BCUT2D eigenvalue weighted by Crippen LogP contribution is 2.49. The number of benzene rings is 2. The van der Waals surface area contributed by atoms with Crippen LogP contribution >= 0.6 is 0 Å². The van der Waals surface area contributed by atoms with Gasteiger partial charge in [-0.1, -0.05) is 36.4 Å². The normalized spacial score (nSPS) is 20.9. The van der Waals surface area contributed by atoms with Crippen molar-refractivity contribution >= 4 is 17.3 Å². The third kappa shape index (κ3) is 2.29. The number of methoxy groups -OCH3 is 1. The van der Waals surface area contributed by atoms with E-state index in [9.17, 15) is 9.59 Å². The Morgan fingerprint density at radius 2 is 1.78 bits per heavy atom. The Kier molecular flexibility index (Phi) is 3.54. The van der Waals surface area contributed by atoms with E-state index in [1.54, 1.807) is 7.11 Å². The Bertz CT molecular complexity index is 1060. The lowest BCUT2D eigenvalue weighted by Crippen LogP contribution is -2.31. The summed E-state index contributed by atoms with van der Waals surface area (Å²) in [6, 6.07) is 15.4. The number of Topliss-reactive ketones (excluding diaryl/α,β-unsaturated/α-hetero) is 2. The summed E-state index contributed by atoms with van der Waals surface area (Å²) in [5.41, 5.74) is 5.80. The second-order valence-corrected chi connectivity index (χ2v) is 7.17. The highest BCUT2D eigenvalue weighted by Gasteiger charge is 2.43. The molecule has 27 heavy (non-hydrogen) atoms. The second-order valence-electron chi connectivity index (χ2n) is 7.17. The fourth-order valence-corrected chi connectivity index (χ4v) is 4.49. The minimum atomic E-state index is -0.348. The van der Waals surface area contributed by atoms with Crippen LogP contribution in [0.2, 0.25) is 0 Å². The molecule has 0 fully saturated rings. The van der Waals surface area contributed by atoms with Crippen LogP contribution in [-0.4, -0.2) is 18.7 Å². The fraction of sp³-hybridized carbons (Fsp3) is 0.217. The molecule has 4 nitrogen and oxygen atoms in total. The van der Waals surface area contributed by atoms with Gasteiger partial charge < -0.3 is 10.1 Å². The van der Waals surface area contributed by atoms with Gasteiger partial charge in [-0.3, -0.25) is 9.59 Å². The maximum absolute atomic E-state index is 13.3. The minimum absolute atomic E-state index is 0.00541. The van der Waals surface area contributed by atoms with E-state index in [0.29, 0.717) is 17.6 Å². The molecule has 3 aliphatic rings. The molecule has 0 unspecified atom stereocenters. The molecular weight excluding hydrogens is 338 g/mol. The van der Waals surface area contributed by atoms with Crippen molar-refractivity contribution in [2.75, 3.05) is 7.11 Å². The molecule has 4 heteroatoms. The van der Waals surface area contributed by atoms with Gasteiger partial charge >= 0.3 is 0 Å². The molecule has 2 aromatic carbocycles. The molecule has 1 heterocycles. The second kappa shape index (κ2) is 5.95. The summed E-state index contributed by atoms with van der Waals surface area (Å²) < 4.78 is 5.39. The number of rotatable bonds is 2. The number of fused-ring (bicyclic) bond motifs is 2. The van der Waals surface area contributed by atoms with Crippen molar-refractivity contribution in [3.8, 4) is 5.75 Å². The summed E-state index contributed by atoms with van der Waals surface area (Å²) in [4.78, 5) is 26.2. The van der Waals surface area contributed by atoms with E-state index in [4.69, 9.17) is 4.74 Å². The minimum Gasteiger partial charge on any atom is -0.497 e. The van der Waals surface area contributed by atoms with Crippen molar-refractivity contribution in [2.45, 2.75) is 25.2 Å². The van der Waals surface area contributed by atoms with E-state index in [1.807, 2.05) is 48.5 Å². The highest BCUT2D eigenvalue weighted by atomic mass is 16.5. The predicted octanol–water partition coefficient (Wildman–Crippen LogP) is 4.00. The average Bonchev–Trinajstić information content (AvgIpc) is 2.99. The predicted molar refractivity (Wildman–Crippen MR) is 102 cm³/mol. The van der Waals surface area contributed by atoms with Crippen LogP contribution in [0.3, 0.4) is 0 Å². The zero-order chi connectivity index (χ0) is 18.5. The Hall–Kier alpha value is -3.14. The zero-order valence-electron chi connectivity index (χ0n) is 15.0. The number of allylic oxidation sites excluding steroid dienone is 3. The summed E-state index contributed by atoms with van der Waals surface area (Å²) in [5.74, 6) is 0.512. The van der Waals surface area contributed by atoms with Crippen LogP contribution in [0.15, 0.2) is 65.4 Å². The van der Waals surface area contributed by atoms with Gasteiger partial charge in [0.1, 0.15) is 5.75 Å². The Labute approximate surface area is 157 Å². The summed E-state index contributed by atoms with van der Waals surface area (Å²) in [5, 5.41) is 3.45. The number of ketones is 2. The largest absolute Gasteiger partial charge is 0.497 e. The molecule has 0 bridgehead atoms. The van der Waals surface area contributed by atoms with Gasteiger partial charge in [-0.15, -0.1) is 0 Å². The first-order chi connectivity index (χ1) is 13.2. The molecule has 0 aromatic heterocycles. The van der Waals surface area contributed by atoms with Crippen LogP contribution in [0.25, 0.3) is 5.70 Å². The average molecular weight is 357 g/mol. The first kappa shape index (κ1) is 16.1. The molecule has 0 saturated heterocycles. The molecule has 0 radical (unpaired) electrons. The molecule has 2 aromatic rings. The maximum atomic E-state index is 13.3. The van der Waals surface area contributed by atoms with E-state index in [2.05, 4.69) is 5.32 Å². The molecule has 5 rings (SSSR count). The summed E-state index contributed by atoms with van der Waals surface area (Å²) in [7, 11) is 1.62. The van der Waals surface area contributed by atoms with E-state index in [-0.39, 0.29) is 17.5 Å². The first-order valence-corrected chi connectivity index (χ1v) is 9.24. The van der Waals surface area contributed by atoms with Gasteiger partial charge in [0.15, 0.2) is 11.6 Å². The molecule has 2 aliphatic carbocycles. The van der Waals surface area contributed by atoms with E-state index in [0.717, 1.165) is 46.7 Å². The number of carbonyl (C=O) groups is 2. The third-order valence-corrected chi connectivity index (χ3v) is 5.69. The number of hydrogen-bond acceptors (Lipinski definition) is 4. The van der Waals surface area contributed by atoms with Gasteiger partial charge in [-0.05, 0) is 30.5 Å². The number of carbonyl (C=O) groups excluding carboxylic acids is 2. The molecule has 134 valence electrons. The van der Waals surface area contributed by atoms with Crippen LogP contribution in [0.1, 0.15) is 46.7 Å². The summed E-state index contributed by atoms with van der Waals surface area (Å²) in [6.07, 6.45) is 2.20. The van der Waals surface area contributed by atoms with Crippen LogP contribution in [-0.2, 0) is 4.79 Å². The molecule has 1 N–H and O–H groups in total. The fourth-order valence-electron chi connectivity index (χ4n) is 4.49. The van der Waals surface area contributed by atoms with Crippen LogP contribution < -0.4 is 10.1 Å². The monoisotopic (exact) mass is 357 g/mol. The summed E-state index contributed by atoms with van der Waals surface area (Å²) in [6.45, 7) is 0. The molecule has 1 atom stereocenters. The van der Waals surface area contributed by atoms with Gasteiger partial charge in [0.05, 0.1) is 12.8 Å². The summed E-state index contributed by atoms with van der Waals surface area (Å²) >= 11 is 0. The van der Waals surface area contributed by atoms with Crippen molar-refractivity contribution in [2.24, 2.45) is 0 Å². The van der Waals surface area contributed by atoms with Gasteiger partial charge in [-0.2, -0.15) is 0 Å². The lowest BCUT2D eigenvalue weighted by Gasteiger charge is -2.33. The van der Waals surface area contributed by atoms with E-state index >= 15 is 0 Å². The van der Waals surface area contributed by atoms with Crippen molar-refractivity contribution in [3.05, 3.63) is 82.1 Å². The van der Waals surface area contributed by atoms with Crippen LogP contribution in [0.4, 0.5) is 0 Å². The Balaban J connectivity index is 1.75. The van der Waals surface area contributed by atoms with Crippen molar-refractivity contribution < 1.29 is 14.3 Å². The van der Waals surface area contributed by atoms with Crippen molar-refractivity contribution in [1.29, 1.82) is 0 Å². The van der Waals surface area contributed by atoms with Crippen molar-refractivity contribution in [3.63, 3.8) is 0 Å². The topological polar surface area (TPSA) is 55.4 Å². The van der Waals surface area contributed by atoms with Crippen LogP contribution in [0, 0.1) is 0 Å². The number of nitrogens with one attached hydrogen (secondary N) is 1. The number of hydrogen-bond donors (Lipinski definition) is 1. The quantitative estimate of drug-likeness (QED) is 0.883. The Morgan fingerprint density at radius 1 is 0.963 bits per heavy atom. The molecule has 0 saturated carbocycles. The molecule has 0 spiro atoms. The smallest absolute Gasteiger partial charge is 0.192 e. The molecular formula is C23H19NO3. The molecule has 1 aliphatic heterocycles. The van der Waals surface area contributed by atoms with Gasteiger partial charge in [0, 0.05) is 40.3 Å². The van der Waals surface area contributed by atoms with E-state index in [1.165, 1.54) is 0 Å². The van der Waals surface area contributed by atoms with Crippen molar-refractivity contribution in [1.82, 2.24) is 5.32 Å². The Morgan fingerprint density at radius 3 is 2.59 bits per heavy atom. The van der Waals surface area contributed by atoms with Gasteiger partial charge in [-0.25, -0.2) is 0 Å². The van der Waals surface area contributed by atoms with E-state index < -0.39 is 0 Å².